The van der Waals surface area contributed by atoms with Crippen LogP contribution in [0.5, 0.6) is 0 Å². The van der Waals surface area contributed by atoms with E-state index in [9.17, 15) is 18.0 Å². The van der Waals surface area contributed by atoms with Crippen molar-refractivity contribution in [1.29, 1.82) is 0 Å². The third-order valence-electron chi connectivity index (χ3n) is 1.90. The van der Waals surface area contributed by atoms with Crippen LogP contribution in [0.4, 0.5) is 13.2 Å². The van der Waals surface area contributed by atoms with Crippen molar-refractivity contribution in [2.45, 2.75) is 0 Å². The van der Waals surface area contributed by atoms with E-state index in [4.69, 9.17) is 5.53 Å². The molecule has 18 heavy (non-hydrogen) atoms. The lowest BCUT2D eigenvalue weighted by Crippen LogP contribution is -2.03. The van der Waals surface area contributed by atoms with Crippen LogP contribution in [0.25, 0.3) is 16.5 Å². The Hall–Kier alpha value is -2.47. The number of carbonyl (C=O) groups excluding carboxylic acids is 1. The quantitative estimate of drug-likeness (QED) is 0.208. The Balaban J connectivity index is 3.33. The van der Waals surface area contributed by atoms with Crippen LogP contribution in [0.2, 0.25) is 0 Å². The zero-order chi connectivity index (χ0) is 13.7. The van der Waals surface area contributed by atoms with Crippen molar-refractivity contribution < 1.29 is 22.7 Å². The topological polar surface area (TPSA) is 75.1 Å². The van der Waals surface area contributed by atoms with Gasteiger partial charge < -0.3 is 4.74 Å². The molecule has 0 amide bonds. The van der Waals surface area contributed by atoms with Crippen molar-refractivity contribution in [3.05, 3.63) is 51.3 Å². The molecule has 1 aromatic carbocycles. The summed E-state index contributed by atoms with van der Waals surface area (Å²) in [5.74, 6) is -5.58. The van der Waals surface area contributed by atoms with Crippen LogP contribution in [-0.4, -0.2) is 13.1 Å². The summed E-state index contributed by atoms with van der Waals surface area (Å²) in [6.45, 7) is 0. The monoisotopic (exact) mass is 257 g/mol. The SMILES string of the molecule is COC(=O)/C(=C/c1ccc(F)c(F)c1F)N=[N+]=[N-]. The molecule has 0 heterocycles. The van der Waals surface area contributed by atoms with Crippen LogP contribution in [0.3, 0.4) is 0 Å². The molecule has 0 aromatic heterocycles. The Morgan fingerprint density at radius 3 is 2.61 bits per heavy atom. The van der Waals surface area contributed by atoms with E-state index < -0.39 is 34.7 Å². The van der Waals surface area contributed by atoms with Crippen molar-refractivity contribution >= 4 is 12.0 Å². The Kier molecular flexibility index (Phi) is 4.33. The third-order valence-corrected chi connectivity index (χ3v) is 1.90. The van der Waals surface area contributed by atoms with Crippen molar-refractivity contribution in [3.63, 3.8) is 0 Å². The Morgan fingerprint density at radius 2 is 2.06 bits per heavy atom. The second kappa shape index (κ2) is 5.74. The van der Waals surface area contributed by atoms with E-state index in [-0.39, 0.29) is 0 Å². The molecule has 0 unspecified atom stereocenters. The second-order valence-electron chi connectivity index (χ2n) is 2.98. The van der Waals surface area contributed by atoms with Crippen LogP contribution in [0, 0.1) is 17.5 Å². The lowest BCUT2D eigenvalue weighted by molar-refractivity contribution is -0.136. The molecule has 0 aliphatic rings. The predicted octanol–water partition coefficient (Wildman–Crippen LogP) is 2.93. The van der Waals surface area contributed by atoms with Crippen LogP contribution in [0.1, 0.15) is 5.56 Å². The predicted molar refractivity (Wildman–Crippen MR) is 55.5 cm³/mol. The Morgan fingerprint density at radius 1 is 1.39 bits per heavy atom. The summed E-state index contributed by atoms with van der Waals surface area (Å²) in [7, 11) is 1.02. The highest BCUT2D eigenvalue weighted by Gasteiger charge is 2.14. The van der Waals surface area contributed by atoms with Crippen LogP contribution >= 0.6 is 0 Å². The zero-order valence-electron chi connectivity index (χ0n) is 9.02. The lowest BCUT2D eigenvalue weighted by atomic mass is 10.1. The van der Waals surface area contributed by atoms with Crippen LogP contribution in [-0.2, 0) is 9.53 Å². The molecule has 0 aliphatic carbocycles. The lowest BCUT2D eigenvalue weighted by Gasteiger charge is -2.02. The summed E-state index contributed by atoms with van der Waals surface area (Å²) in [6.07, 6.45) is 0.753. The van der Waals surface area contributed by atoms with E-state index in [0.29, 0.717) is 6.07 Å². The number of benzene rings is 1. The molecule has 0 bridgehead atoms. The molecule has 0 saturated heterocycles. The minimum Gasteiger partial charge on any atom is -0.466 e. The van der Waals surface area contributed by atoms with Gasteiger partial charge in [0.1, 0.15) is 5.70 Å². The third kappa shape index (κ3) is 2.80. The van der Waals surface area contributed by atoms with Gasteiger partial charge in [-0.3, -0.25) is 0 Å². The van der Waals surface area contributed by atoms with Gasteiger partial charge >= 0.3 is 5.97 Å². The fourth-order valence-electron chi connectivity index (χ4n) is 1.08. The highest BCUT2D eigenvalue weighted by atomic mass is 19.2. The van der Waals surface area contributed by atoms with Gasteiger partial charge in [0, 0.05) is 10.5 Å². The zero-order valence-corrected chi connectivity index (χ0v) is 9.02. The summed E-state index contributed by atoms with van der Waals surface area (Å²) >= 11 is 0. The molecule has 0 N–H and O–H groups in total. The maximum absolute atomic E-state index is 13.3. The van der Waals surface area contributed by atoms with Gasteiger partial charge in [-0.05, 0) is 23.7 Å². The molecule has 94 valence electrons. The van der Waals surface area contributed by atoms with Crippen molar-refractivity contribution in [3.8, 4) is 0 Å². The molecular formula is C10H6F3N3O2. The number of hydrogen-bond acceptors (Lipinski definition) is 3. The molecule has 0 saturated carbocycles. The van der Waals surface area contributed by atoms with Crippen molar-refractivity contribution in [2.75, 3.05) is 7.11 Å². The first kappa shape index (κ1) is 13.6. The average Bonchev–Trinajstić information content (AvgIpc) is 2.37. The summed E-state index contributed by atoms with van der Waals surface area (Å²) in [6, 6.07) is 1.57. The minimum absolute atomic E-state index is 0.443. The first-order chi connectivity index (χ1) is 8.51. The summed E-state index contributed by atoms with van der Waals surface area (Å²) in [4.78, 5) is 13.5. The van der Waals surface area contributed by atoms with E-state index in [1.54, 1.807) is 0 Å². The maximum Gasteiger partial charge on any atom is 0.340 e. The van der Waals surface area contributed by atoms with Gasteiger partial charge in [0.2, 0.25) is 0 Å². The van der Waals surface area contributed by atoms with Crippen molar-refractivity contribution in [1.82, 2.24) is 0 Å². The molecule has 8 heteroatoms. The highest BCUT2D eigenvalue weighted by Crippen LogP contribution is 2.18. The number of ether oxygens (including phenoxy) is 1. The van der Waals surface area contributed by atoms with E-state index in [2.05, 4.69) is 14.8 Å². The number of azide groups is 1. The molecule has 1 rings (SSSR count). The Bertz CT molecular complexity index is 566. The van der Waals surface area contributed by atoms with E-state index >= 15 is 0 Å². The first-order valence-electron chi connectivity index (χ1n) is 4.50. The van der Waals surface area contributed by atoms with Gasteiger partial charge in [0.25, 0.3) is 0 Å². The molecular weight excluding hydrogens is 251 g/mol. The van der Waals surface area contributed by atoms with Gasteiger partial charge in [-0.2, -0.15) is 0 Å². The highest BCUT2D eigenvalue weighted by molar-refractivity contribution is 5.93. The second-order valence-corrected chi connectivity index (χ2v) is 2.98. The van der Waals surface area contributed by atoms with Crippen LogP contribution < -0.4 is 0 Å². The Labute approximate surface area is 99.1 Å². The molecule has 0 fully saturated rings. The van der Waals surface area contributed by atoms with E-state index in [1.165, 1.54) is 0 Å². The number of methoxy groups -OCH3 is 1. The van der Waals surface area contributed by atoms with Gasteiger partial charge in [-0.1, -0.05) is 5.11 Å². The first-order valence-corrected chi connectivity index (χ1v) is 4.50. The number of nitrogens with zero attached hydrogens (tertiary/aromatic N) is 3. The van der Waals surface area contributed by atoms with Crippen molar-refractivity contribution in [2.24, 2.45) is 5.11 Å². The molecule has 5 nitrogen and oxygen atoms in total. The largest absolute Gasteiger partial charge is 0.466 e. The van der Waals surface area contributed by atoms with Gasteiger partial charge in [-0.25, -0.2) is 18.0 Å². The fraction of sp³-hybridized carbons (Fsp3) is 0.100. The standard InChI is InChI=1S/C10H6F3N3O2/c1-18-10(17)7(15-16-14)4-5-2-3-6(11)9(13)8(5)12/h2-4H,1H3/b7-4-. The number of halogens is 3. The van der Waals surface area contributed by atoms with E-state index in [0.717, 1.165) is 19.3 Å². The number of hydrogen-bond donors (Lipinski definition) is 0. The van der Waals surface area contributed by atoms with E-state index in [1.807, 2.05) is 0 Å². The smallest absolute Gasteiger partial charge is 0.340 e. The molecule has 0 radical (unpaired) electrons. The molecule has 0 aliphatic heterocycles. The molecule has 1 aromatic rings. The summed E-state index contributed by atoms with van der Waals surface area (Å²) in [5.41, 5.74) is 7.19. The number of rotatable bonds is 3. The van der Waals surface area contributed by atoms with Crippen LogP contribution in [0.15, 0.2) is 22.9 Å². The summed E-state index contributed by atoms with van der Waals surface area (Å²) < 4.78 is 43.1. The van der Waals surface area contributed by atoms with Gasteiger partial charge in [0.15, 0.2) is 17.5 Å². The number of esters is 1. The summed E-state index contributed by atoms with van der Waals surface area (Å²) in [5, 5.41) is 2.97. The minimum atomic E-state index is -1.69. The molecule has 0 spiro atoms. The van der Waals surface area contributed by atoms with Gasteiger partial charge in [-0.15, -0.1) is 0 Å². The average molecular weight is 257 g/mol. The maximum atomic E-state index is 13.3. The van der Waals surface area contributed by atoms with Gasteiger partial charge in [0.05, 0.1) is 7.11 Å². The fourth-order valence-corrected chi connectivity index (χ4v) is 1.08. The number of carbonyl (C=O) groups is 1. The molecule has 0 atom stereocenters. The normalized spacial score (nSPS) is 10.8.